The summed E-state index contributed by atoms with van der Waals surface area (Å²) in [4.78, 5) is 13.3. The van der Waals surface area contributed by atoms with Crippen LogP contribution in [0.2, 0.25) is 0 Å². The molecule has 0 radical (unpaired) electrons. The molecule has 0 atom stereocenters. The van der Waals surface area contributed by atoms with Gasteiger partial charge in [-0.05, 0) is 63.2 Å². The molecule has 3 aliphatic carbocycles. The van der Waals surface area contributed by atoms with E-state index in [0.29, 0.717) is 18.1 Å². The highest BCUT2D eigenvalue weighted by Gasteiger charge is 2.38. The third kappa shape index (κ3) is 5.18. The van der Waals surface area contributed by atoms with Gasteiger partial charge in [-0.1, -0.05) is 19.8 Å². The zero-order valence-electron chi connectivity index (χ0n) is 14.7. The molecule has 0 heterocycles. The highest BCUT2D eigenvalue weighted by Crippen LogP contribution is 2.35. The Morgan fingerprint density at radius 2 is 1.70 bits per heavy atom. The predicted octanol–water partition coefficient (Wildman–Crippen LogP) is 3.26. The summed E-state index contributed by atoms with van der Waals surface area (Å²) < 4.78 is 0. The molecule has 23 heavy (non-hydrogen) atoms. The van der Waals surface area contributed by atoms with Crippen molar-refractivity contribution >= 4 is 5.97 Å². The van der Waals surface area contributed by atoms with E-state index >= 15 is 0 Å². The van der Waals surface area contributed by atoms with Crippen molar-refractivity contribution in [1.29, 1.82) is 0 Å². The molecular weight excluding hydrogens is 288 g/mol. The molecule has 0 aromatic heterocycles. The van der Waals surface area contributed by atoms with Gasteiger partial charge < -0.3 is 10.4 Å². The molecule has 0 amide bonds. The van der Waals surface area contributed by atoms with E-state index in [-0.39, 0.29) is 6.54 Å². The Morgan fingerprint density at radius 1 is 1.04 bits per heavy atom. The molecule has 3 rings (SSSR count). The van der Waals surface area contributed by atoms with Crippen LogP contribution < -0.4 is 5.32 Å². The first kappa shape index (κ1) is 17.2. The van der Waals surface area contributed by atoms with Gasteiger partial charge in [0.1, 0.15) is 0 Å². The lowest BCUT2D eigenvalue weighted by Gasteiger charge is -2.45. The van der Waals surface area contributed by atoms with E-state index < -0.39 is 5.97 Å². The molecular formula is C19H34N2O2. The number of hydrogen-bond donors (Lipinski definition) is 2. The normalized spacial score (nSPS) is 34.3. The molecule has 0 aromatic carbocycles. The fraction of sp³-hybridized carbons (Fsp3) is 0.947. The third-order valence-electron chi connectivity index (χ3n) is 6.17. The van der Waals surface area contributed by atoms with Crippen molar-refractivity contribution in [3.05, 3.63) is 0 Å². The molecule has 0 aromatic rings. The van der Waals surface area contributed by atoms with Crippen LogP contribution in [-0.2, 0) is 4.79 Å². The van der Waals surface area contributed by atoms with Crippen molar-refractivity contribution in [2.45, 2.75) is 89.3 Å². The van der Waals surface area contributed by atoms with Gasteiger partial charge in [-0.25, -0.2) is 0 Å². The van der Waals surface area contributed by atoms with Crippen LogP contribution in [-0.4, -0.2) is 47.2 Å². The number of carbonyl (C=O) groups is 1. The number of hydrogen-bond acceptors (Lipinski definition) is 3. The molecule has 0 aliphatic heterocycles. The summed E-state index contributed by atoms with van der Waals surface area (Å²) in [5.41, 5.74) is 0. The van der Waals surface area contributed by atoms with Crippen LogP contribution in [0.1, 0.15) is 71.1 Å². The maximum absolute atomic E-state index is 11.1. The molecule has 4 nitrogen and oxygen atoms in total. The van der Waals surface area contributed by atoms with Crippen LogP contribution in [0.5, 0.6) is 0 Å². The molecule has 4 heteroatoms. The van der Waals surface area contributed by atoms with Crippen molar-refractivity contribution in [1.82, 2.24) is 10.2 Å². The Kier molecular flexibility index (Phi) is 5.97. The maximum Gasteiger partial charge on any atom is 0.317 e. The Hall–Kier alpha value is -0.610. The van der Waals surface area contributed by atoms with E-state index in [1.807, 2.05) is 0 Å². The van der Waals surface area contributed by atoms with E-state index in [4.69, 9.17) is 5.11 Å². The Bertz CT molecular complexity index is 383. The first-order valence-electron chi connectivity index (χ1n) is 9.86. The fourth-order valence-corrected chi connectivity index (χ4v) is 4.53. The van der Waals surface area contributed by atoms with E-state index in [9.17, 15) is 4.79 Å². The first-order chi connectivity index (χ1) is 11.1. The number of aliphatic carboxylic acids is 1. The van der Waals surface area contributed by atoms with E-state index in [0.717, 1.165) is 31.2 Å². The van der Waals surface area contributed by atoms with Gasteiger partial charge in [0.25, 0.3) is 0 Å². The van der Waals surface area contributed by atoms with Crippen LogP contribution in [0.15, 0.2) is 0 Å². The van der Waals surface area contributed by atoms with Crippen molar-refractivity contribution in [3.63, 3.8) is 0 Å². The van der Waals surface area contributed by atoms with Gasteiger partial charge in [-0.15, -0.1) is 0 Å². The largest absolute Gasteiger partial charge is 0.480 e. The van der Waals surface area contributed by atoms with E-state index in [2.05, 4.69) is 17.1 Å². The highest BCUT2D eigenvalue weighted by molar-refractivity contribution is 5.69. The van der Waals surface area contributed by atoms with Crippen molar-refractivity contribution in [2.75, 3.05) is 13.1 Å². The Labute approximate surface area is 141 Å². The lowest BCUT2D eigenvalue weighted by atomic mass is 9.80. The Balaban J connectivity index is 1.35. The summed E-state index contributed by atoms with van der Waals surface area (Å²) >= 11 is 0. The molecule has 132 valence electrons. The predicted molar refractivity (Wildman–Crippen MR) is 92.5 cm³/mol. The second kappa shape index (κ2) is 7.98. The highest BCUT2D eigenvalue weighted by atomic mass is 16.4. The average Bonchev–Trinajstić information content (AvgIpc) is 3.27. The van der Waals surface area contributed by atoms with Crippen molar-refractivity contribution in [3.8, 4) is 0 Å². The second-order valence-electron chi connectivity index (χ2n) is 8.26. The molecule has 0 saturated heterocycles. The fourth-order valence-electron chi connectivity index (χ4n) is 4.53. The maximum atomic E-state index is 11.1. The molecule has 0 bridgehead atoms. The summed E-state index contributed by atoms with van der Waals surface area (Å²) in [5, 5.41) is 13.0. The SMILES string of the molecule is CCCC1CCC(NC2CC(N(CC(=O)O)CC3CC3)C2)CC1. The van der Waals surface area contributed by atoms with Gasteiger partial charge in [0.2, 0.25) is 0 Å². The number of carboxylic acids is 1. The third-order valence-corrected chi connectivity index (χ3v) is 6.17. The van der Waals surface area contributed by atoms with Crippen LogP contribution in [0.4, 0.5) is 0 Å². The lowest BCUT2D eigenvalue weighted by molar-refractivity contribution is -0.139. The minimum absolute atomic E-state index is 0.232. The molecule has 0 spiro atoms. The number of carboxylic acid groups (broad SMARTS) is 1. The van der Waals surface area contributed by atoms with Crippen LogP contribution in [0.25, 0.3) is 0 Å². The number of rotatable bonds is 9. The molecule has 3 aliphatic rings. The Morgan fingerprint density at radius 3 is 2.26 bits per heavy atom. The molecule has 3 saturated carbocycles. The topological polar surface area (TPSA) is 52.6 Å². The van der Waals surface area contributed by atoms with Gasteiger partial charge in [0.05, 0.1) is 6.54 Å². The van der Waals surface area contributed by atoms with Crippen LogP contribution in [0, 0.1) is 11.8 Å². The quantitative estimate of drug-likeness (QED) is 0.684. The van der Waals surface area contributed by atoms with Gasteiger partial charge in [-0.2, -0.15) is 0 Å². The summed E-state index contributed by atoms with van der Waals surface area (Å²) in [6.07, 6.45) is 13.1. The standard InChI is InChI=1S/C19H34N2O2/c1-2-3-14-6-8-16(9-7-14)20-17-10-18(11-17)21(13-19(22)23)12-15-4-5-15/h14-18,20H,2-13H2,1H3,(H,22,23). The monoisotopic (exact) mass is 322 g/mol. The summed E-state index contributed by atoms with van der Waals surface area (Å²) in [5.74, 6) is 1.07. The van der Waals surface area contributed by atoms with Crippen molar-refractivity contribution in [2.24, 2.45) is 11.8 Å². The van der Waals surface area contributed by atoms with E-state index in [1.54, 1.807) is 0 Å². The second-order valence-corrected chi connectivity index (χ2v) is 8.26. The van der Waals surface area contributed by atoms with Crippen LogP contribution in [0.3, 0.4) is 0 Å². The first-order valence-corrected chi connectivity index (χ1v) is 9.86. The van der Waals surface area contributed by atoms with E-state index in [1.165, 1.54) is 51.4 Å². The zero-order valence-corrected chi connectivity index (χ0v) is 14.7. The zero-order chi connectivity index (χ0) is 16.2. The summed E-state index contributed by atoms with van der Waals surface area (Å²) in [6, 6.07) is 1.84. The van der Waals surface area contributed by atoms with Crippen molar-refractivity contribution < 1.29 is 9.90 Å². The number of nitrogens with zero attached hydrogens (tertiary/aromatic N) is 1. The molecule has 0 unspecified atom stereocenters. The average molecular weight is 322 g/mol. The van der Waals surface area contributed by atoms with Gasteiger partial charge >= 0.3 is 5.97 Å². The minimum Gasteiger partial charge on any atom is -0.480 e. The van der Waals surface area contributed by atoms with Gasteiger partial charge in [-0.3, -0.25) is 9.69 Å². The number of nitrogens with one attached hydrogen (secondary N) is 1. The summed E-state index contributed by atoms with van der Waals surface area (Å²) in [7, 11) is 0. The van der Waals surface area contributed by atoms with Gasteiger partial charge in [0, 0.05) is 24.7 Å². The smallest absolute Gasteiger partial charge is 0.317 e. The van der Waals surface area contributed by atoms with Gasteiger partial charge in [0.15, 0.2) is 0 Å². The van der Waals surface area contributed by atoms with Crippen LogP contribution >= 0.6 is 0 Å². The summed E-state index contributed by atoms with van der Waals surface area (Å²) in [6.45, 7) is 3.53. The minimum atomic E-state index is -0.670. The molecule has 2 N–H and O–H groups in total. The molecule has 3 fully saturated rings. The lowest BCUT2D eigenvalue weighted by Crippen LogP contribution is -2.56.